The highest BCUT2D eigenvalue weighted by Gasteiger charge is 2.48. The van der Waals surface area contributed by atoms with E-state index in [-0.39, 0.29) is 18.2 Å². The smallest absolute Gasteiger partial charge is 0.410 e. The van der Waals surface area contributed by atoms with Crippen LogP contribution >= 0.6 is 0 Å². The second-order valence-electron chi connectivity index (χ2n) is 10.6. The van der Waals surface area contributed by atoms with Crippen LogP contribution in [0.5, 0.6) is 0 Å². The predicted molar refractivity (Wildman–Crippen MR) is 137 cm³/mol. The highest BCUT2D eigenvalue weighted by atomic mass is 16.6. The number of benzene rings is 2. The van der Waals surface area contributed by atoms with Crippen molar-refractivity contribution in [2.75, 3.05) is 13.1 Å². The van der Waals surface area contributed by atoms with Crippen molar-refractivity contribution >= 4 is 18.1 Å². The van der Waals surface area contributed by atoms with E-state index in [4.69, 9.17) is 9.84 Å². The molecule has 4 rings (SSSR count). The van der Waals surface area contributed by atoms with Crippen molar-refractivity contribution < 1.29 is 19.4 Å². The number of hydrogen-bond acceptors (Lipinski definition) is 4. The van der Waals surface area contributed by atoms with Crippen LogP contribution in [-0.2, 0) is 16.1 Å². The zero-order valence-corrected chi connectivity index (χ0v) is 20.9. The number of carbonyl (C=O) groups excluding carboxylic acids is 1. The van der Waals surface area contributed by atoms with Crippen LogP contribution in [0.15, 0.2) is 60.7 Å². The van der Waals surface area contributed by atoms with Crippen LogP contribution in [0.3, 0.4) is 0 Å². The molecule has 1 amide bonds. The predicted octanol–water partition coefficient (Wildman–Crippen LogP) is 5.54. The Morgan fingerprint density at radius 1 is 1.06 bits per heavy atom. The third kappa shape index (κ3) is 6.95. The van der Waals surface area contributed by atoms with Gasteiger partial charge in [0.05, 0.1) is 0 Å². The van der Waals surface area contributed by atoms with E-state index in [0.717, 1.165) is 50.5 Å². The maximum atomic E-state index is 13.3. The number of carboxylic acid groups (broad SMARTS) is 1. The summed E-state index contributed by atoms with van der Waals surface area (Å²) in [5.74, 6) is -0.561. The SMILES string of the molecule is CC(C)(C)OC(=O)N(C1CCN(Cc2ccc(/C=C/C(=O)O)cc2)CC1)C1CC1c1ccccc1. The molecule has 0 spiro atoms. The van der Waals surface area contributed by atoms with E-state index < -0.39 is 11.6 Å². The molecule has 1 aliphatic carbocycles. The summed E-state index contributed by atoms with van der Waals surface area (Å²) in [6, 6.07) is 18.9. The third-order valence-corrected chi connectivity index (χ3v) is 6.70. The molecule has 1 aliphatic heterocycles. The quantitative estimate of drug-likeness (QED) is 0.531. The van der Waals surface area contributed by atoms with Gasteiger partial charge in [-0.2, -0.15) is 0 Å². The van der Waals surface area contributed by atoms with Crippen LogP contribution < -0.4 is 0 Å². The Labute approximate surface area is 208 Å². The lowest BCUT2D eigenvalue weighted by Gasteiger charge is -2.39. The molecule has 1 saturated heterocycles. The van der Waals surface area contributed by atoms with Gasteiger partial charge in [-0.15, -0.1) is 0 Å². The number of piperidine rings is 1. The summed E-state index contributed by atoms with van der Waals surface area (Å²) in [5.41, 5.74) is 2.86. The van der Waals surface area contributed by atoms with Gasteiger partial charge >= 0.3 is 12.1 Å². The van der Waals surface area contributed by atoms with Gasteiger partial charge in [0.25, 0.3) is 0 Å². The molecule has 0 radical (unpaired) electrons. The molecule has 1 heterocycles. The van der Waals surface area contributed by atoms with E-state index in [0.29, 0.717) is 5.92 Å². The maximum absolute atomic E-state index is 13.3. The monoisotopic (exact) mass is 476 g/mol. The molecule has 35 heavy (non-hydrogen) atoms. The molecule has 2 fully saturated rings. The van der Waals surface area contributed by atoms with E-state index in [9.17, 15) is 9.59 Å². The van der Waals surface area contributed by atoms with Gasteiger partial charge in [-0.3, -0.25) is 4.90 Å². The van der Waals surface area contributed by atoms with Crippen LogP contribution in [0.4, 0.5) is 4.79 Å². The average Bonchev–Trinajstić information content (AvgIpc) is 3.59. The highest BCUT2D eigenvalue weighted by molar-refractivity contribution is 5.85. The summed E-state index contributed by atoms with van der Waals surface area (Å²) in [5, 5.41) is 8.78. The van der Waals surface area contributed by atoms with Gasteiger partial charge in [0.2, 0.25) is 0 Å². The Kier molecular flexibility index (Phi) is 7.60. The summed E-state index contributed by atoms with van der Waals surface area (Å²) in [4.78, 5) is 28.4. The maximum Gasteiger partial charge on any atom is 0.410 e. The van der Waals surface area contributed by atoms with Gasteiger partial charge < -0.3 is 14.7 Å². The molecule has 1 N–H and O–H groups in total. The minimum absolute atomic E-state index is 0.184. The first-order chi connectivity index (χ1) is 16.7. The van der Waals surface area contributed by atoms with Gasteiger partial charge in [0.15, 0.2) is 0 Å². The van der Waals surface area contributed by atoms with E-state index in [1.807, 2.05) is 43.9 Å². The molecule has 0 bridgehead atoms. The van der Waals surface area contributed by atoms with Gasteiger partial charge in [0.1, 0.15) is 5.60 Å². The summed E-state index contributed by atoms with van der Waals surface area (Å²) >= 11 is 0. The number of rotatable bonds is 7. The van der Waals surface area contributed by atoms with Crippen LogP contribution in [-0.4, -0.2) is 57.7 Å². The van der Waals surface area contributed by atoms with Crippen molar-refractivity contribution in [2.45, 2.75) is 70.2 Å². The van der Waals surface area contributed by atoms with Gasteiger partial charge in [-0.25, -0.2) is 9.59 Å². The van der Waals surface area contributed by atoms with Crippen molar-refractivity contribution in [1.82, 2.24) is 9.80 Å². The molecule has 1 saturated carbocycles. The zero-order valence-electron chi connectivity index (χ0n) is 20.9. The highest BCUT2D eigenvalue weighted by Crippen LogP contribution is 2.46. The summed E-state index contributed by atoms with van der Waals surface area (Å²) in [6.07, 6.45) is 5.41. The molecule has 2 aromatic carbocycles. The second-order valence-corrected chi connectivity index (χ2v) is 10.6. The lowest BCUT2D eigenvalue weighted by Crippen LogP contribution is -2.50. The fraction of sp³-hybridized carbons (Fsp3) is 0.448. The van der Waals surface area contributed by atoms with Crippen molar-refractivity contribution in [3.63, 3.8) is 0 Å². The number of aliphatic carboxylic acids is 1. The third-order valence-electron chi connectivity index (χ3n) is 6.70. The number of carbonyl (C=O) groups is 2. The Hall–Kier alpha value is -3.12. The largest absolute Gasteiger partial charge is 0.478 e. The minimum atomic E-state index is -0.946. The minimum Gasteiger partial charge on any atom is -0.478 e. The standard InChI is InChI=1S/C29H36N2O4/c1-29(2,3)35-28(34)31(26-19-25(26)23-7-5-4-6-8-23)24-15-17-30(18-16-24)20-22-11-9-21(10-12-22)13-14-27(32)33/h4-14,24-26H,15-20H2,1-3H3,(H,32,33)/b14-13+. The first-order valence-electron chi connectivity index (χ1n) is 12.5. The molecule has 186 valence electrons. The number of hydrogen-bond donors (Lipinski definition) is 1. The number of amides is 1. The van der Waals surface area contributed by atoms with Crippen LogP contribution in [0, 0.1) is 0 Å². The first-order valence-corrected chi connectivity index (χ1v) is 12.5. The van der Waals surface area contributed by atoms with Gasteiger partial charge in [0, 0.05) is 43.7 Å². The normalized spacial score (nSPS) is 21.1. The van der Waals surface area contributed by atoms with Crippen molar-refractivity contribution in [3.05, 3.63) is 77.4 Å². The first kappa shape index (κ1) is 25.0. The van der Waals surface area contributed by atoms with Crippen LogP contribution in [0.25, 0.3) is 6.08 Å². The van der Waals surface area contributed by atoms with Crippen molar-refractivity contribution in [2.24, 2.45) is 0 Å². The molecular formula is C29H36N2O4. The lowest BCUT2D eigenvalue weighted by molar-refractivity contribution is -0.131. The van der Waals surface area contributed by atoms with E-state index in [1.54, 1.807) is 6.08 Å². The summed E-state index contributed by atoms with van der Waals surface area (Å²) < 4.78 is 5.84. The molecular weight excluding hydrogens is 440 g/mol. The molecule has 2 atom stereocenters. The number of carboxylic acids is 1. The number of likely N-dealkylation sites (tertiary alicyclic amines) is 1. The van der Waals surface area contributed by atoms with E-state index in [1.165, 1.54) is 11.1 Å². The molecule has 2 unspecified atom stereocenters. The summed E-state index contributed by atoms with van der Waals surface area (Å²) in [7, 11) is 0. The van der Waals surface area contributed by atoms with Crippen LogP contribution in [0.1, 0.15) is 62.6 Å². The van der Waals surface area contributed by atoms with E-state index in [2.05, 4.69) is 41.3 Å². The Balaban J connectivity index is 1.37. The van der Waals surface area contributed by atoms with E-state index >= 15 is 0 Å². The van der Waals surface area contributed by atoms with Crippen molar-refractivity contribution in [1.29, 1.82) is 0 Å². The molecule has 2 aromatic rings. The fourth-order valence-electron chi connectivity index (χ4n) is 4.93. The van der Waals surface area contributed by atoms with Gasteiger partial charge in [-0.05, 0) is 62.8 Å². The molecule has 6 nitrogen and oxygen atoms in total. The Bertz CT molecular complexity index is 1030. The molecule has 6 heteroatoms. The fourth-order valence-corrected chi connectivity index (χ4v) is 4.93. The number of ether oxygens (including phenoxy) is 1. The Morgan fingerprint density at radius 2 is 1.71 bits per heavy atom. The summed E-state index contributed by atoms with van der Waals surface area (Å²) in [6.45, 7) is 8.47. The molecule has 2 aliphatic rings. The average molecular weight is 477 g/mol. The Morgan fingerprint density at radius 3 is 2.31 bits per heavy atom. The lowest BCUT2D eigenvalue weighted by atomic mass is 10.0. The molecule has 0 aromatic heterocycles. The van der Waals surface area contributed by atoms with Crippen molar-refractivity contribution in [3.8, 4) is 0 Å². The van der Waals surface area contributed by atoms with Gasteiger partial charge in [-0.1, -0.05) is 54.6 Å². The second kappa shape index (κ2) is 10.6. The number of nitrogens with zero attached hydrogens (tertiary/aromatic N) is 2. The topological polar surface area (TPSA) is 70.1 Å². The zero-order chi connectivity index (χ0) is 25.0. The van der Waals surface area contributed by atoms with Crippen LogP contribution in [0.2, 0.25) is 0 Å².